The highest BCUT2D eigenvalue weighted by molar-refractivity contribution is 7.26. The average Bonchev–Trinajstić information content (AvgIpc) is 2.44. The Kier molecular flexibility index (Phi) is 2.44. The maximum absolute atomic E-state index is 4.54. The zero-order valence-electron chi connectivity index (χ0n) is 7.61. The van der Waals surface area contributed by atoms with Crippen LogP contribution in [0.25, 0.3) is 10.2 Å². The first-order valence-electron chi connectivity index (χ1n) is 4.05. The number of hydrogen-bond acceptors (Lipinski definition) is 3. The van der Waals surface area contributed by atoms with Crippen LogP contribution in [0.15, 0.2) is 24.3 Å². The highest BCUT2D eigenvalue weighted by atomic mass is 32.1. The molecule has 1 aromatic heterocycles. The van der Waals surface area contributed by atoms with Crippen LogP contribution in [0.5, 0.6) is 0 Å². The molecule has 0 amide bonds. The van der Waals surface area contributed by atoms with Gasteiger partial charge in [-0.05, 0) is 26.2 Å². The molecule has 2 aromatic rings. The quantitative estimate of drug-likeness (QED) is 0.684. The molecule has 1 heterocycles. The number of hydrogen-bond donors (Lipinski definition) is 0. The van der Waals surface area contributed by atoms with E-state index in [4.69, 9.17) is 0 Å². The zero-order valence-corrected chi connectivity index (χ0v) is 9.43. The standard InChI is InChI=1S/C9H10N2SSi/c1-11(2)13-9-10-7-5-3-4-6-8(7)12-9/h3-6H,1-2H3. The molecular formula is C9H10N2SSi. The third-order valence-electron chi connectivity index (χ3n) is 1.61. The third kappa shape index (κ3) is 1.96. The van der Waals surface area contributed by atoms with Crippen molar-refractivity contribution < 1.29 is 0 Å². The molecule has 66 valence electrons. The van der Waals surface area contributed by atoms with E-state index in [2.05, 4.69) is 41.8 Å². The number of aromatic nitrogens is 1. The second kappa shape index (κ2) is 3.57. The van der Waals surface area contributed by atoms with Crippen LogP contribution in [-0.4, -0.2) is 33.3 Å². The van der Waals surface area contributed by atoms with Crippen molar-refractivity contribution in [3.63, 3.8) is 0 Å². The van der Waals surface area contributed by atoms with E-state index in [0.717, 1.165) is 5.52 Å². The van der Waals surface area contributed by atoms with Crippen molar-refractivity contribution in [2.75, 3.05) is 14.1 Å². The molecule has 0 atom stereocenters. The summed E-state index contributed by atoms with van der Waals surface area (Å²) in [5.74, 6) is 0. The van der Waals surface area contributed by atoms with Crippen LogP contribution in [-0.2, 0) is 0 Å². The molecule has 1 aromatic carbocycles. The molecule has 0 aliphatic heterocycles. The summed E-state index contributed by atoms with van der Waals surface area (Å²) in [6, 6.07) is 8.28. The van der Waals surface area contributed by atoms with Crippen molar-refractivity contribution in [2.24, 2.45) is 0 Å². The van der Waals surface area contributed by atoms with Crippen molar-refractivity contribution in [3.05, 3.63) is 24.3 Å². The molecule has 0 aliphatic rings. The molecule has 2 radical (unpaired) electrons. The van der Waals surface area contributed by atoms with Crippen molar-refractivity contribution in [1.29, 1.82) is 0 Å². The van der Waals surface area contributed by atoms with Crippen LogP contribution in [0.2, 0.25) is 0 Å². The molecule has 0 N–H and O–H groups in total. The summed E-state index contributed by atoms with van der Waals surface area (Å²) in [5.41, 5.74) is 1.12. The highest BCUT2D eigenvalue weighted by Gasteiger charge is 2.04. The van der Waals surface area contributed by atoms with Crippen LogP contribution in [0, 0.1) is 0 Å². The van der Waals surface area contributed by atoms with Crippen LogP contribution in [0.1, 0.15) is 0 Å². The van der Waals surface area contributed by atoms with E-state index in [1.54, 1.807) is 11.3 Å². The smallest absolute Gasteiger partial charge is 0.222 e. The fraction of sp³-hybridized carbons (Fsp3) is 0.222. The predicted molar refractivity (Wildman–Crippen MR) is 58.7 cm³/mol. The lowest BCUT2D eigenvalue weighted by Gasteiger charge is -2.02. The Labute approximate surface area is 84.1 Å². The predicted octanol–water partition coefficient (Wildman–Crippen LogP) is 1.10. The lowest BCUT2D eigenvalue weighted by atomic mass is 10.3. The van der Waals surface area contributed by atoms with Gasteiger partial charge >= 0.3 is 0 Å². The Morgan fingerprint density at radius 2 is 2.08 bits per heavy atom. The van der Waals surface area contributed by atoms with Crippen molar-refractivity contribution >= 4 is 35.9 Å². The van der Waals surface area contributed by atoms with Gasteiger partial charge in [0.05, 0.1) is 14.8 Å². The first kappa shape index (κ1) is 8.87. The number of para-hydroxylation sites is 1. The van der Waals surface area contributed by atoms with Gasteiger partial charge in [-0.2, -0.15) is 0 Å². The fourth-order valence-electron chi connectivity index (χ4n) is 1.11. The van der Waals surface area contributed by atoms with Gasteiger partial charge < -0.3 is 4.57 Å². The maximum Gasteiger partial charge on any atom is 0.222 e. The SMILES string of the molecule is CN(C)[Si]c1nc2ccccc2s1. The summed E-state index contributed by atoms with van der Waals surface area (Å²) in [4.78, 5) is 4.54. The molecule has 13 heavy (non-hydrogen) atoms. The van der Waals surface area contributed by atoms with Gasteiger partial charge in [0.2, 0.25) is 9.68 Å². The third-order valence-corrected chi connectivity index (χ3v) is 3.79. The molecule has 0 fully saturated rings. The minimum absolute atomic E-state index is 0.685. The van der Waals surface area contributed by atoms with Gasteiger partial charge in [-0.3, -0.25) is 0 Å². The second-order valence-electron chi connectivity index (χ2n) is 2.99. The Bertz CT molecular complexity index is 378. The molecule has 0 saturated heterocycles. The second-order valence-corrected chi connectivity index (χ2v) is 5.98. The number of benzene rings is 1. The van der Waals surface area contributed by atoms with Gasteiger partial charge in [0.25, 0.3) is 0 Å². The molecule has 0 unspecified atom stereocenters. The van der Waals surface area contributed by atoms with Crippen LogP contribution < -0.4 is 4.63 Å². The first-order chi connectivity index (χ1) is 6.25. The summed E-state index contributed by atoms with van der Waals surface area (Å²) in [5, 5.41) is 0. The van der Waals surface area contributed by atoms with Gasteiger partial charge in [0.1, 0.15) is 0 Å². The Balaban J connectivity index is 2.38. The van der Waals surface area contributed by atoms with Crippen LogP contribution in [0.3, 0.4) is 0 Å². The van der Waals surface area contributed by atoms with Crippen molar-refractivity contribution in [2.45, 2.75) is 0 Å². The van der Waals surface area contributed by atoms with E-state index in [1.165, 1.54) is 9.33 Å². The number of nitrogens with zero attached hydrogens (tertiary/aromatic N) is 2. The van der Waals surface area contributed by atoms with Gasteiger partial charge in [0, 0.05) is 0 Å². The zero-order chi connectivity index (χ0) is 9.26. The normalized spacial score (nSPS) is 11.3. The Morgan fingerprint density at radius 1 is 1.31 bits per heavy atom. The Morgan fingerprint density at radius 3 is 2.77 bits per heavy atom. The largest absolute Gasteiger partial charge is 0.325 e. The lowest BCUT2D eigenvalue weighted by molar-refractivity contribution is 0.669. The summed E-state index contributed by atoms with van der Waals surface area (Å²) in [7, 11) is 4.83. The van der Waals surface area contributed by atoms with Gasteiger partial charge in [-0.1, -0.05) is 12.1 Å². The van der Waals surface area contributed by atoms with Gasteiger partial charge in [0.15, 0.2) is 0 Å². The van der Waals surface area contributed by atoms with E-state index in [0.29, 0.717) is 9.68 Å². The first-order valence-corrected chi connectivity index (χ1v) is 5.81. The summed E-state index contributed by atoms with van der Waals surface area (Å²) < 4.78 is 4.66. The maximum atomic E-state index is 4.54. The molecule has 0 bridgehead atoms. The molecule has 4 heteroatoms. The molecule has 2 rings (SSSR count). The fourth-order valence-corrected chi connectivity index (χ4v) is 3.44. The number of fused-ring (bicyclic) bond motifs is 1. The van der Waals surface area contributed by atoms with E-state index in [9.17, 15) is 0 Å². The van der Waals surface area contributed by atoms with Crippen LogP contribution in [0.4, 0.5) is 0 Å². The minimum atomic E-state index is 0.685. The molecule has 0 saturated carbocycles. The molecule has 0 spiro atoms. The van der Waals surface area contributed by atoms with E-state index in [-0.39, 0.29) is 0 Å². The van der Waals surface area contributed by atoms with Crippen LogP contribution >= 0.6 is 11.3 Å². The highest BCUT2D eigenvalue weighted by Crippen LogP contribution is 2.14. The van der Waals surface area contributed by atoms with Crippen molar-refractivity contribution in [3.8, 4) is 0 Å². The van der Waals surface area contributed by atoms with E-state index in [1.807, 2.05) is 6.07 Å². The van der Waals surface area contributed by atoms with Gasteiger partial charge in [-0.25, -0.2) is 4.98 Å². The molecular weight excluding hydrogens is 196 g/mol. The van der Waals surface area contributed by atoms with E-state index < -0.39 is 0 Å². The topological polar surface area (TPSA) is 16.1 Å². The summed E-state index contributed by atoms with van der Waals surface area (Å²) >= 11 is 1.79. The average molecular weight is 206 g/mol. The minimum Gasteiger partial charge on any atom is -0.325 e. The lowest BCUT2D eigenvalue weighted by Crippen LogP contribution is -2.28. The summed E-state index contributed by atoms with van der Waals surface area (Å²) in [6.45, 7) is 0. The Hall–Kier alpha value is -0.713. The monoisotopic (exact) mass is 206 g/mol. The van der Waals surface area contributed by atoms with Crippen molar-refractivity contribution in [1.82, 2.24) is 9.55 Å². The summed E-state index contributed by atoms with van der Waals surface area (Å²) in [6.07, 6.45) is 0. The molecule has 0 aliphatic carbocycles. The number of thiazole rings is 1. The molecule has 2 nitrogen and oxygen atoms in total. The number of rotatable bonds is 2. The van der Waals surface area contributed by atoms with E-state index >= 15 is 0 Å². The van der Waals surface area contributed by atoms with Gasteiger partial charge in [-0.15, -0.1) is 11.3 Å².